The summed E-state index contributed by atoms with van der Waals surface area (Å²) in [6.07, 6.45) is 3.48. The Kier molecular flexibility index (Phi) is 6.21. The van der Waals surface area contributed by atoms with Crippen LogP contribution < -0.4 is 5.32 Å². The number of carboxylic acids is 1. The van der Waals surface area contributed by atoms with E-state index in [9.17, 15) is 4.79 Å². The van der Waals surface area contributed by atoms with E-state index in [1.165, 1.54) is 0 Å². The fourth-order valence-corrected chi connectivity index (χ4v) is 3.83. The van der Waals surface area contributed by atoms with Gasteiger partial charge in [-0.15, -0.1) is 11.3 Å². The van der Waals surface area contributed by atoms with E-state index in [0.29, 0.717) is 5.82 Å². The topological polar surface area (TPSA) is 75.1 Å². The van der Waals surface area contributed by atoms with E-state index in [4.69, 9.17) is 15.1 Å². The first kappa shape index (κ1) is 19.8. The number of anilines is 2. The molecular weight excluding hydrogens is 370 g/mol. The van der Waals surface area contributed by atoms with Crippen molar-refractivity contribution in [1.29, 1.82) is 0 Å². The van der Waals surface area contributed by atoms with E-state index in [1.54, 1.807) is 11.3 Å². The first-order valence-electron chi connectivity index (χ1n) is 9.22. The maximum atomic E-state index is 10.9. The lowest BCUT2D eigenvalue weighted by Crippen LogP contribution is -2.07. The molecule has 0 spiro atoms. The molecule has 0 saturated heterocycles. The van der Waals surface area contributed by atoms with Gasteiger partial charge in [0, 0.05) is 16.9 Å². The van der Waals surface area contributed by atoms with Crippen LogP contribution >= 0.6 is 11.3 Å². The maximum Gasteiger partial charge on any atom is 0.307 e. The van der Waals surface area contributed by atoms with Gasteiger partial charge in [0.1, 0.15) is 5.82 Å². The average Bonchev–Trinajstić information content (AvgIpc) is 3.17. The molecule has 2 N–H and O–H groups in total. The summed E-state index contributed by atoms with van der Waals surface area (Å²) in [6.45, 7) is 8.01. The standard InChI is InChI=1S/C22H23N3O2S/c1-4-14-11-19(28-13-14)22-24-18(6-3)17(5-2)21(25-22)23-16-9-7-15(8-10-16)12-20(26)27/h4,7-11,13H,1,5-6,12H2,2-3H3,(H,26,27)(H,23,24,25). The number of aliphatic carboxylic acids is 1. The normalized spacial score (nSPS) is 10.6. The van der Waals surface area contributed by atoms with E-state index in [-0.39, 0.29) is 6.42 Å². The molecule has 0 unspecified atom stereocenters. The van der Waals surface area contributed by atoms with E-state index in [2.05, 4.69) is 25.7 Å². The zero-order chi connectivity index (χ0) is 20.1. The summed E-state index contributed by atoms with van der Waals surface area (Å²) in [6, 6.07) is 9.45. The number of aromatic nitrogens is 2. The molecule has 3 rings (SSSR count). The van der Waals surface area contributed by atoms with Gasteiger partial charge >= 0.3 is 5.97 Å². The molecule has 0 amide bonds. The Bertz CT molecular complexity index is 994. The van der Waals surface area contributed by atoms with Crippen LogP contribution in [0.25, 0.3) is 16.8 Å². The van der Waals surface area contributed by atoms with Gasteiger partial charge in [0.05, 0.1) is 11.3 Å². The lowest BCUT2D eigenvalue weighted by atomic mass is 10.1. The molecule has 0 bridgehead atoms. The van der Waals surface area contributed by atoms with Crippen LogP contribution in [0.15, 0.2) is 42.3 Å². The first-order chi connectivity index (χ1) is 13.5. The van der Waals surface area contributed by atoms with Crippen molar-refractivity contribution >= 4 is 34.9 Å². The van der Waals surface area contributed by atoms with Crippen molar-refractivity contribution < 1.29 is 9.90 Å². The maximum absolute atomic E-state index is 10.9. The Hall–Kier alpha value is -2.99. The number of hydrogen-bond acceptors (Lipinski definition) is 5. The minimum Gasteiger partial charge on any atom is -0.481 e. The van der Waals surface area contributed by atoms with Crippen LogP contribution in [0.4, 0.5) is 11.5 Å². The molecule has 2 aromatic heterocycles. The minimum absolute atomic E-state index is 0.0160. The Morgan fingerprint density at radius 3 is 2.54 bits per heavy atom. The highest BCUT2D eigenvalue weighted by Gasteiger charge is 2.15. The Balaban J connectivity index is 1.97. The van der Waals surface area contributed by atoms with Crippen molar-refractivity contribution in [3.05, 3.63) is 64.7 Å². The van der Waals surface area contributed by atoms with Gasteiger partial charge in [0.15, 0.2) is 5.82 Å². The summed E-state index contributed by atoms with van der Waals surface area (Å²) >= 11 is 1.60. The lowest BCUT2D eigenvalue weighted by molar-refractivity contribution is -0.136. The molecule has 0 radical (unpaired) electrons. The quantitative estimate of drug-likeness (QED) is 0.540. The van der Waals surface area contributed by atoms with Gasteiger partial charge in [0.2, 0.25) is 0 Å². The second kappa shape index (κ2) is 8.80. The van der Waals surface area contributed by atoms with E-state index in [0.717, 1.165) is 51.6 Å². The number of carbonyl (C=O) groups is 1. The van der Waals surface area contributed by atoms with Crippen LogP contribution in [-0.4, -0.2) is 21.0 Å². The van der Waals surface area contributed by atoms with Gasteiger partial charge in [-0.3, -0.25) is 4.79 Å². The van der Waals surface area contributed by atoms with Crippen LogP contribution in [0.5, 0.6) is 0 Å². The molecule has 5 nitrogen and oxygen atoms in total. The third kappa shape index (κ3) is 4.46. The highest BCUT2D eigenvalue weighted by molar-refractivity contribution is 7.13. The predicted octanol–water partition coefficient (Wildman–Crippen LogP) is 5.34. The number of nitrogens with zero attached hydrogens (tertiary/aromatic N) is 2. The molecule has 0 aliphatic rings. The highest BCUT2D eigenvalue weighted by Crippen LogP contribution is 2.30. The summed E-state index contributed by atoms with van der Waals surface area (Å²) < 4.78 is 0. The fourth-order valence-electron chi connectivity index (χ4n) is 3.00. The van der Waals surface area contributed by atoms with Crippen molar-refractivity contribution in [2.24, 2.45) is 0 Å². The van der Waals surface area contributed by atoms with Gasteiger partial charge in [-0.1, -0.05) is 38.6 Å². The van der Waals surface area contributed by atoms with Crippen LogP contribution in [-0.2, 0) is 24.1 Å². The largest absolute Gasteiger partial charge is 0.481 e. The number of carboxylic acid groups (broad SMARTS) is 1. The summed E-state index contributed by atoms with van der Waals surface area (Å²) in [7, 11) is 0. The number of aryl methyl sites for hydroxylation is 1. The smallest absolute Gasteiger partial charge is 0.307 e. The number of hydrogen-bond donors (Lipinski definition) is 2. The fraction of sp³-hybridized carbons (Fsp3) is 0.227. The van der Waals surface area contributed by atoms with Crippen LogP contribution in [0.2, 0.25) is 0 Å². The molecule has 0 fully saturated rings. The third-order valence-electron chi connectivity index (χ3n) is 4.43. The monoisotopic (exact) mass is 393 g/mol. The molecule has 144 valence electrons. The van der Waals surface area contributed by atoms with Crippen molar-refractivity contribution in [2.45, 2.75) is 33.1 Å². The van der Waals surface area contributed by atoms with Crippen molar-refractivity contribution in [3.8, 4) is 10.7 Å². The van der Waals surface area contributed by atoms with Gasteiger partial charge in [-0.05, 0) is 47.5 Å². The Morgan fingerprint density at radius 1 is 1.21 bits per heavy atom. The molecular formula is C22H23N3O2S. The zero-order valence-corrected chi connectivity index (χ0v) is 16.8. The Morgan fingerprint density at radius 2 is 1.96 bits per heavy atom. The SMILES string of the molecule is C=Cc1csc(-c2nc(CC)c(CC)c(Nc3ccc(CC(=O)O)cc3)n2)c1. The number of rotatable bonds is 8. The second-order valence-corrected chi connectivity index (χ2v) is 7.28. The molecule has 0 aliphatic heterocycles. The molecule has 0 saturated carbocycles. The van der Waals surface area contributed by atoms with Gasteiger partial charge < -0.3 is 10.4 Å². The summed E-state index contributed by atoms with van der Waals surface area (Å²) in [5.41, 5.74) is 4.83. The van der Waals surface area contributed by atoms with E-state index < -0.39 is 5.97 Å². The number of benzene rings is 1. The molecule has 2 heterocycles. The molecule has 0 aliphatic carbocycles. The summed E-state index contributed by atoms with van der Waals surface area (Å²) in [5.74, 6) is 0.665. The van der Waals surface area contributed by atoms with Crippen molar-refractivity contribution in [2.75, 3.05) is 5.32 Å². The second-order valence-electron chi connectivity index (χ2n) is 6.37. The number of nitrogens with one attached hydrogen (secondary N) is 1. The molecule has 28 heavy (non-hydrogen) atoms. The van der Waals surface area contributed by atoms with Crippen LogP contribution in [0, 0.1) is 0 Å². The summed E-state index contributed by atoms with van der Waals surface area (Å²) in [4.78, 5) is 21.4. The predicted molar refractivity (Wildman–Crippen MR) is 115 cm³/mol. The van der Waals surface area contributed by atoms with Crippen LogP contribution in [0.1, 0.15) is 36.2 Å². The van der Waals surface area contributed by atoms with E-state index >= 15 is 0 Å². The van der Waals surface area contributed by atoms with Gasteiger partial charge in [0.25, 0.3) is 0 Å². The molecule has 1 aromatic carbocycles. The molecule has 6 heteroatoms. The molecule has 0 atom stereocenters. The van der Waals surface area contributed by atoms with Crippen molar-refractivity contribution in [1.82, 2.24) is 9.97 Å². The van der Waals surface area contributed by atoms with Crippen LogP contribution in [0.3, 0.4) is 0 Å². The molecule has 3 aromatic rings. The van der Waals surface area contributed by atoms with Gasteiger partial charge in [-0.25, -0.2) is 9.97 Å². The Labute approximate surface area is 168 Å². The lowest BCUT2D eigenvalue weighted by Gasteiger charge is -2.15. The third-order valence-corrected chi connectivity index (χ3v) is 5.37. The number of thiophene rings is 1. The van der Waals surface area contributed by atoms with E-state index in [1.807, 2.05) is 41.8 Å². The van der Waals surface area contributed by atoms with Crippen molar-refractivity contribution in [3.63, 3.8) is 0 Å². The minimum atomic E-state index is -0.836. The zero-order valence-electron chi connectivity index (χ0n) is 16.0. The first-order valence-corrected chi connectivity index (χ1v) is 10.1. The summed E-state index contributed by atoms with van der Waals surface area (Å²) in [5, 5.41) is 14.4. The van der Waals surface area contributed by atoms with Gasteiger partial charge in [-0.2, -0.15) is 0 Å². The highest BCUT2D eigenvalue weighted by atomic mass is 32.1. The average molecular weight is 394 g/mol.